The highest BCUT2D eigenvalue weighted by Crippen LogP contribution is 2.55. The number of H-pyrrole nitrogens is 1. The van der Waals surface area contributed by atoms with E-state index in [2.05, 4.69) is 15.3 Å². The standard InChI is InChI=1S/C26H40N5O13P.CH4O.H2O/c1-24(2,3)41-21(34)30-17-14(27-13-15(32)16-12(40-19(13)30)11-39-45(37,38-10)44-16)18(33)29-20(28-17)31(22(35)42-25(4,5)6)23(36)43-26(7,8)9;1-2;/h12-13,15-16,19,27,32H,11H2,1-10H3,(H,28,29,33);2H,1H3;1H2/t12-,13+,15-,16+,19-,45+;;/m1../s1. The number of amides is 3. The third kappa shape index (κ3) is 9.20. The summed E-state index contributed by atoms with van der Waals surface area (Å²) in [4.78, 5) is 61.7. The van der Waals surface area contributed by atoms with E-state index in [1.165, 1.54) is 0 Å². The Morgan fingerprint density at radius 1 is 0.979 bits per heavy atom. The zero-order chi connectivity index (χ0) is 35.9. The van der Waals surface area contributed by atoms with Crippen molar-refractivity contribution in [3.63, 3.8) is 0 Å². The largest absolute Gasteiger partial charge is 0.475 e. The van der Waals surface area contributed by atoms with Crippen molar-refractivity contribution in [1.82, 2.24) is 9.97 Å². The van der Waals surface area contributed by atoms with E-state index in [4.69, 9.17) is 37.6 Å². The molecule has 3 amide bonds. The lowest BCUT2D eigenvalue weighted by molar-refractivity contribution is -0.198. The van der Waals surface area contributed by atoms with Crippen molar-refractivity contribution in [2.75, 3.05) is 35.9 Å². The number of anilines is 3. The number of hydrogen-bond donors (Lipinski definition) is 4. The van der Waals surface area contributed by atoms with E-state index < -0.39 is 90.8 Å². The molecule has 1 aromatic rings. The van der Waals surface area contributed by atoms with E-state index in [9.17, 15) is 28.8 Å². The summed E-state index contributed by atoms with van der Waals surface area (Å²) in [6.45, 7) is 13.9. The number of carbonyl (C=O) groups excluding carboxylic acids is 3. The molecule has 0 bridgehead atoms. The number of aliphatic hydroxyl groups is 2. The van der Waals surface area contributed by atoms with Gasteiger partial charge in [-0.2, -0.15) is 4.98 Å². The minimum absolute atomic E-state index is 0. The molecule has 0 aromatic carbocycles. The van der Waals surface area contributed by atoms with Gasteiger partial charge in [-0.25, -0.2) is 23.8 Å². The van der Waals surface area contributed by atoms with Crippen molar-refractivity contribution in [3.05, 3.63) is 10.4 Å². The van der Waals surface area contributed by atoms with Gasteiger partial charge < -0.3 is 40.0 Å². The van der Waals surface area contributed by atoms with Crippen LogP contribution in [0.1, 0.15) is 62.3 Å². The molecular formula is C27H46N5O15P. The third-order valence-electron chi connectivity index (χ3n) is 6.20. The van der Waals surface area contributed by atoms with Crippen LogP contribution in [0.25, 0.3) is 0 Å². The first kappa shape index (κ1) is 40.8. The Morgan fingerprint density at radius 3 is 1.98 bits per heavy atom. The van der Waals surface area contributed by atoms with E-state index >= 15 is 0 Å². The van der Waals surface area contributed by atoms with E-state index in [0.29, 0.717) is 4.90 Å². The van der Waals surface area contributed by atoms with Crippen LogP contribution in [0.4, 0.5) is 31.8 Å². The summed E-state index contributed by atoms with van der Waals surface area (Å²) in [6, 6.07) is -1.25. The van der Waals surface area contributed by atoms with Crippen molar-refractivity contribution in [1.29, 1.82) is 0 Å². The zero-order valence-electron chi connectivity index (χ0n) is 28.7. The van der Waals surface area contributed by atoms with Crippen LogP contribution in [-0.4, -0.2) is 112 Å². The van der Waals surface area contributed by atoms with Crippen LogP contribution in [-0.2, 0) is 37.1 Å². The second-order valence-corrected chi connectivity index (χ2v) is 15.2. The Labute approximate surface area is 276 Å². The Morgan fingerprint density at radius 2 is 1.50 bits per heavy atom. The molecule has 20 nitrogen and oxygen atoms in total. The van der Waals surface area contributed by atoms with Crippen LogP contribution < -0.4 is 20.7 Å². The highest BCUT2D eigenvalue weighted by molar-refractivity contribution is 7.48. The lowest BCUT2D eigenvalue weighted by Gasteiger charge is -2.51. The molecule has 0 aliphatic carbocycles. The van der Waals surface area contributed by atoms with Gasteiger partial charge in [-0.15, -0.1) is 4.90 Å². The molecule has 0 radical (unpaired) electrons. The molecular weight excluding hydrogens is 665 g/mol. The summed E-state index contributed by atoms with van der Waals surface area (Å²) < 4.78 is 50.6. The number of nitrogens with zero attached hydrogens (tertiary/aromatic N) is 3. The van der Waals surface area contributed by atoms with Gasteiger partial charge in [0.1, 0.15) is 46.8 Å². The average molecular weight is 712 g/mol. The number of aromatic amines is 1. The zero-order valence-corrected chi connectivity index (χ0v) is 29.6. The topological polar surface area (TPSA) is 269 Å². The molecule has 21 heteroatoms. The Balaban J connectivity index is 0.00000262. The second kappa shape index (κ2) is 14.6. The molecule has 6 N–H and O–H groups in total. The van der Waals surface area contributed by atoms with Crippen molar-refractivity contribution in [2.24, 2.45) is 0 Å². The highest BCUT2D eigenvalue weighted by Gasteiger charge is 2.57. The second-order valence-electron chi connectivity index (χ2n) is 13.5. The number of nitrogens with one attached hydrogen (secondary N) is 2. The smallest absolute Gasteiger partial charge is 0.443 e. The maximum Gasteiger partial charge on any atom is 0.475 e. The fourth-order valence-corrected chi connectivity index (χ4v) is 5.67. The van der Waals surface area contributed by atoms with Crippen molar-refractivity contribution >= 4 is 43.6 Å². The molecule has 3 aliphatic heterocycles. The summed E-state index contributed by atoms with van der Waals surface area (Å²) in [5.74, 6) is -1.05. The quantitative estimate of drug-likeness (QED) is 0.252. The van der Waals surface area contributed by atoms with E-state index in [-0.39, 0.29) is 17.8 Å². The normalized spacial score (nSPS) is 26.4. The van der Waals surface area contributed by atoms with Crippen LogP contribution in [0.3, 0.4) is 0 Å². The van der Waals surface area contributed by atoms with Gasteiger partial charge >= 0.3 is 26.1 Å². The molecule has 2 fully saturated rings. The predicted octanol–water partition coefficient (Wildman–Crippen LogP) is 2.02. The molecule has 3 aliphatic rings. The van der Waals surface area contributed by atoms with E-state index in [0.717, 1.165) is 19.1 Å². The van der Waals surface area contributed by atoms with Crippen LogP contribution in [0, 0.1) is 0 Å². The number of fused-ring (bicyclic) bond motifs is 3. The molecule has 48 heavy (non-hydrogen) atoms. The number of phosphoric acid groups is 1. The molecule has 0 unspecified atom stereocenters. The molecule has 4 heterocycles. The number of aliphatic hydroxyl groups excluding tert-OH is 2. The minimum Gasteiger partial charge on any atom is -0.443 e. The van der Waals surface area contributed by atoms with Gasteiger partial charge in [0.25, 0.3) is 5.56 Å². The van der Waals surface area contributed by atoms with Gasteiger partial charge in [0.2, 0.25) is 5.95 Å². The first-order valence-electron chi connectivity index (χ1n) is 14.5. The number of ether oxygens (including phenoxy) is 4. The van der Waals surface area contributed by atoms with Crippen LogP contribution >= 0.6 is 7.82 Å². The van der Waals surface area contributed by atoms with Crippen LogP contribution in [0.2, 0.25) is 0 Å². The molecule has 6 atom stereocenters. The van der Waals surface area contributed by atoms with Gasteiger partial charge in [-0.3, -0.25) is 23.3 Å². The Bertz CT molecular complexity index is 1420. The first-order valence-corrected chi connectivity index (χ1v) is 15.9. The van der Waals surface area contributed by atoms with Crippen molar-refractivity contribution in [3.8, 4) is 0 Å². The third-order valence-corrected chi connectivity index (χ3v) is 7.61. The Hall–Kier alpha value is -3.36. The summed E-state index contributed by atoms with van der Waals surface area (Å²) in [5, 5.41) is 21.2. The van der Waals surface area contributed by atoms with Gasteiger partial charge in [0.15, 0.2) is 12.0 Å². The van der Waals surface area contributed by atoms with Gasteiger partial charge in [0, 0.05) is 14.2 Å². The van der Waals surface area contributed by atoms with E-state index in [1.54, 1.807) is 62.3 Å². The number of hydrogen-bond acceptors (Lipinski definition) is 16. The van der Waals surface area contributed by atoms with Crippen molar-refractivity contribution in [2.45, 2.75) is 110 Å². The number of rotatable bonds is 2. The van der Waals surface area contributed by atoms with Gasteiger partial charge in [0.05, 0.1) is 6.61 Å². The summed E-state index contributed by atoms with van der Waals surface area (Å²) in [5.41, 5.74) is -4.48. The molecule has 274 valence electrons. The van der Waals surface area contributed by atoms with Crippen LogP contribution in [0.15, 0.2) is 4.79 Å². The monoisotopic (exact) mass is 711 g/mol. The maximum absolute atomic E-state index is 13.7. The summed E-state index contributed by atoms with van der Waals surface area (Å²) in [7, 11) is -1.91. The Kier molecular flexibility index (Phi) is 12.4. The van der Waals surface area contributed by atoms with E-state index in [1.807, 2.05) is 0 Å². The predicted molar refractivity (Wildman–Crippen MR) is 168 cm³/mol. The van der Waals surface area contributed by atoms with Crippen LogP contribution in [0.5, 0.6) is 0 Å². The summed E-state index contributed by atoms with van der Waals surface area (Å²) >= 11 is 0. The SMILES string of the molecule is CO.CO[P@@]1(=O)OC[C@H]2O[C@@H]3[C@@H](Nc4c(nc(N(C(=O)OC(C)(C)C)C(=O)OC(C)(C)C)[nH]c4=O)N3C(=O)OC(C)(C)C)[C@@H](O)[C@H]2O1.O. The van der Waals surface area contributed by atoms with Crippen molar-refractivity contribution < 1.29 is 67.2 Å². The molecule has 2 saturated heterocycles. The number of aromatic nitrogens is 2. The fourth-order valence-electron chi connectivity index (χ4n) is 4.53. The molecule has 4 rings (SSSR count). The average Bonchev–Trinajstić information content (AvgIpc) is 2.91. The van der Waals surface area contributed by atoms with Gasteiger partial charge in [-0.1, -0.05) is 0 Å². The number of imide groups is 1. The lowest BCUT2D eigenvalue weighted by Crippen LogP contribution is -2.70. The molecule has 0 saturated carbocycles. The number of phosphoric ester groups is 1. The molecule has 1 aromatic heterocycles. The highest BCUT2D eigenvalue weighted by atomic mass is 31.2. The maximum atomic E-state index is 13.7. The summed E-state index contributed by atoms with van der Waals surface area (Å²) in [6.07, 6.45) is -8.74. The minimum atomic E-state index is -4.02. The number of carbonyl (C=O) groups is 3. The first-order chi connectivity index (χ1) is 21.5. The molecule has 0 spiro atoms. The lowest BCUT2D eigenvalue weighted by atomic mass is 9.94. The van der Waals surface area contributed by atoms with Gasteiger partial charge in [-0.05, 0) is 62.3 Å². The fraction of sp³-hybridized carbons (Fsp3) is 0.741.